The fourth-order valence-corrected chi connectivity index (χ4v) is 1.30. The molecule has 1 aliphatic rings. The van der Waals surface area contributed by atoms with Gasteiger partial charge in [-0.15, -0.1) is 0 Å². The number of nitrogens with one attached hydrogen (secondary N) is 1. The number of rotatable bonds is 0. The normalized spacial score (nSPS) is 21.2. The van der Waals surface area contributed by atoms with Gasteiger partial charge < -0.3 is 0 Å². The van der Waals surface area contributed by atoms with Crippen LogP contribution in [0.1, 0.15) is 0 Å². The third-order valence-electron chi connectivity index (χ3n) is 0.659. The Bertz CT molecular complexity index is 132. The van der Waals surface area contributed by atoms with Crippen molar-refractivity contribution in [1.29, 1.82) is 0 Å². The minimum atomic E-state index is -1.42. The van der Waals surface area contributed by atoms with E-state index in [1.165, 1.54) is 11.9 Å². The van der Waals surface area contributed by atoms with E-state index in [0.29, 0.717) is 6.17 Å². The molecule has 0 bridgehead atoms. The Morgan fingerprint density at radius 2 is 2.22 bits per heavy atom. The average molecular weight is 204 g/mol. The van der Waals surface area contributed by atoms with Gasteiger partial charge in [0.25, 0.3) is 0 Å². The van der Waals surface area contributed by atoms with E-state index >= 15 is 0 Å². The Morgan fingerprint density at radius 1 is 1.56 bits per heavy atom. The second-order valence-electron chi connectivity index (χ2n) is 1.30. The predicted molar refractivity (Wildman–Crippen MR) is 42.8 cm³/mol. The van der Waals surface area contributed by atoms with Crippen LogP contribution in [0, 0.1) is 6.17 Å². The highest BCUT2D eigenvalue weighted by molar-refractivity contribution is 8.10. The zero-order valence-corrected chi connectivity index (χ0v) is 7.15. The van der Waals surface area contributed by atoms with Gasteiger partial charge in [-0.05, 0) is 11.9 Å². The van der Waals surface area contributed by atoms with Crippen LogP contribution in [0.2, 0.25) is 0 Å². The van der Waals surface area contributed by atoms with Crippen LogP contribution in [0.5, 0.6) is 0 Å². The van der Waals surface area contributed by atoms with E-state index in [1.807, 2.05) is 0 Å². The average Bonchev–Trinajstić information content (AvgIpc) is 2.08. The van der Waals surface area contributed by atoms with Gasteiger partial charge in [0, 0.05) is 0 Å². The van der Waals surface area contributed by atoms with Crippen LogP contribution in [-0.2, 0) is 0 Å². The molecule has 0 aromatic heterocycles. The Morgan fingerprint density at radius 3 is 2.44 bits per heavy atom. The molecule has 1 aliphatic heterocycles. The second-order valence-corrected chi connectivity index (χ2v) is 4.23. The number of nitrogens with zero attached hydrogens (tertiary/aromatic N) is 1. The van der Waals surface area contributed by atoms with Crippen LogP contribution in [-0.4, -0.2) is 9.34 Å². The molecule has 1 heterocycles. The van der Waals surface area contributed by atoms with Crippen molar-refractivity contribution in [2.24, 2.45) is 4.99 Å². The Hall–Kier alpha value is 0.850. The number of halogens is 3. The van der Waals surface area contributed by atoms with Crippen molar-refractivity contribution in [3.63, 3.8) is 0 Å². The molecule has 0 spiro atoms. The molecular formula is C3H2Cl3N2S. The smallest absolute Gasteiger partial charge is 0.233 e. The Labute approximate surface area is 72.1 Å². The monoisotopic (exact) mass is 203 g/mol. The lowest BCUT2D eigenvalue weighted by atomic mass is 10.6. The lowest BCUT2D eigenvalue weighted by Gasteiger charge is -2.13. The first-order valence-electron chi connectivity index (χ1n) is 1.99. The maximum absolute atomic E-state index is 5.44. The molecule has 0 amide bonds. The van der Waals surface area contributed by atoms with Gasteiger partial charge in [-0.2, -0.15) is 0 Å². The quantitative estimate of drug-likeness (QED) is 0.483. The third-order valence-corrected chi connectivity index (χ3v) is 1.72. The molecule has 0 aliphatic carbocycles. The number of hydrogen-bond donors (Lipinski definition) is 1. The van der Waals surface area contributed by atoms with Crippen molar-refractivity contribution in [3.8, 4) is 0 Å². The Balaban J connectivity index is 2.53. The fourth-order valence-electron chi connectivity index (χ4n) is 0.319. The summed E-state index contributed by atoms with van der Waals surface area (Å²) in [6, 6.07) is 0. The summed E-state index contributed by atoms with van der Waals surface area (Å²) in [7, 11) is 0. The van der Waals surface area contributed by atoms with Gasteiger partial charge in [-0.25, -0.2) is 4.72 Å². The van der Waals surface area contributed by atoms with Crippen LogP contribution in [0.25, 0.3) is 0 Å². The topological polar surface area (TPSA) is 24.4 Å². The van der Waals surface area contributed by atoms with Crippen molar-refractivity contribution in [1.82, 2.24) is 4.72 Å². The van der Waals surface area contributed by atoms with Crippen LogP contribution in [0.4, 0.5) is 0 Å². The molecule has 0 unspecified atom stereocenters. The summed E-state index contributed by atoms with van der Waals surface area (Å²) in [5.41, 5.74) is 1.57. The van der Waals surface area contributed by atoms with Gasteiger partial charge in [-0.3, -0.25) is 4.99 Å². The molecular weight excluding hydrogens is 202 g/mol. The van der Waals surface area contributed by atoms with E-state index in [9.17, 15) is 0 Å². The summed E-state index contributed by atoms with van der Waals surface area (Å²) in [4.78, 5) is 3.75. The van der Waals surface area contributed by atoms with Gasteiger partial charge in [-0.1, -0.05) is 34.8 Å². The van der Waals surface area contributed by atoms with Crippen LogP contribution in [0.3, 0.4) is 0 Å². The van der Waals surface area contributed by atoms with E-state index in [-0.39, 0.29) is 0 Å². The van der Waals surface area contributed by atoms with Gasteiger partial charge in [0.05, 0.1) is 5.55 Å². The molecule has 0 aromatic carbocycles. The molecule has 0 saturated heterocycles. The van der Waals surface area contributed by atoms with Gasteiger partial charge in [0.1, 0.15) is 0 Å². The van der Waals surface area contributed by atoms with Crippen LogP contribution < -0.4 is 4.72 Å². The molecule has 0 fully saturated rings. The highest BCUT2D eigenvalue weighted by atomic mass is 35.6. The zero-order chi connectivity index (χ0) is 6.91. The third kappa shape index (κ3) is 2.16. The van der Waals surface area contributed by atoms with E-state index in [0.717, 1.165) is 0 Å². The first-order chi connectivity index (χ1) is 4.11. The summed E-state index contributed by atoms with van der Waals surface area (Å²) in [6.45, 7) is 0. The van der Waals surface area contributed by atoms with Crippen molar-refractivity contribution < 1.29 is 0 Å². The number of hydrogen-bond acceptors (Lipinski definition) is 3. The first kappa shape index (κ1) is 7.95. The minimum absolute atomic E-state index is 0.359. The molecule has 0 aromatic rings. The van der Waals surface area contributed by atoms with Gasteiger partial charge in [0.15, 0.2) is 0 Å². The lowest BCUT2D eigenvalue weighted by Crippen LogP contribution is -2.22. The van der Waals surface area contributed by atoms with Gasteiger partial charge in [0.2, 0.25) is 9.96 Å². The van der Waals surface area contributed by atoms with Gasteiger partial charge >= 0.3 is 0 Å². The summed E-state index contributed by atoms with van der Waals surface area (Å²) >= 11 is 17.6. The zero-order valence-electron chi connectivity index (χ0n) is 4.07. The molecule has 2 nitrogen and oxygen atoms in total. The molecule has 0 saturated carbocycles. The molecule has 1 rings (SSSR count). The maximum atomic E-state index is 5.44. The standard InChI is InChI=1S/C3H2Cl3N2S/c4-3(5,6)2-7-1-9-8-2/h1,8H. The highest BCUT2D eigenvalue weighted by Crippen LogP contribution is 2.38. The predicted octanol–water partition coefficient (Wildman–Crippen LogP) is 2.13. The summed E-state index contributed by atoms with van der Waals surface area (Å²) in [5.74, 6) is 0. The molecule has 6 heteroatoms. The molecule has 51 valence electrons. The van der Waals surface area contributed by atoms with Crippen molar-refractivity contribution >= 4 is 52.3 Å². The van der Waals surface area contributed by atoms with E-state index in [4.69, 9.17) is 34.8 Å². The molecule has 1 N–H and O–H groups in total. The van der Waals surface area contributed by atoms with E-state index in [1.54, 1.807) is 5.55 Å². The Kier molecular flexibility index (Phi) is 2.51. The van der Waals surface area contributed by atoms with Crippen LogP contribution in [0.15, 0.2) is 4.99 Å². The van der Waals surface area contributed by atoms with E-state index in [2.05, 4.69) is 9.71 Å². The molecule has 9 heavy (non-hydrogen) atoms. The summed E-state index contributed by atoms with van der Waals surface area (Å²) in [5, 5.41) is 0. The van der Waals surface area contributed by atoms with E-state index < -0.39 is 3.79 Å². The van der Waals surface area contributed by atoms with Crippen molar-refractivity contribution in [2.45, 2.75) is 3.79 Å². The summed E-state index contributed by atoms with van der Waals surface area (Å²) < 4.78 is 1.30. The second kappa shape index (κ2) is 2.84. The lowest BCUT2D eigenvalue weighted by molar-refractivity contribution is 0.885. The van der Waals surface area contributed by atoms with Crippen molar-refractivity contribution in [2.75, 3.05) is 0 Å². The first-order valence-corrected chi connectivity index (χ1v) is 4.00. The SMILES string of the molecule is ClC(Cl)(Cl)[C]1N=CSN1. The molecule has 0 atom stereocenters. The van der Waals surface area contributed by atoms with Crippen molar-refractivity contribution in [3.05, 3.63) is 6.17 Å². The minimum Gasteiger partial charge on any atom is -0.253 e. The highest BCUT2D eigenvalue weighted by Gasteiger charge is 2.35. The number of aliphatic imine (C=N–C) groups is 1. The molecule has 1 radical (unpaired) electrons. The maximum Gasteiger partial charge on any atom is 0.233 e. The van der Waals surface area contributed by atoms with Crippen LogP contribution >= 0.6 is 46.8 Å². The summed E-state index contributed by atoms with van der Waals surface area (Å²) in [6.07, 6.45) is 0.359. The largest absolute Gasteiger partial charge is 0.253 e. The number of alkyl halides is 3. The fraction of sp³-hybridized carbons (Fsp3) is 0.333.